The lowest BCUT2D eigenvalue weighted by Crippen LogP contribution is -2.51. The average molecular weight is 777 g/mol. The van der Waals surface area contributed by atoms with Gasteiger partial charge in [-0.3, -0.25) is 9.59 Å². The molecule has 14 nitrogen and oxygen atoms in total. The summed E-state index contributed by atoms with van der Waals surface area (Å²) in [7, 11) is 2.59. The number of amides is 4. The Labute approximate surface area is 332 Å². The number of H-pyrrole nitrogens is 2. The number of benzene rings is 2. The highest BCUT2D eigenvalue weighted by Crippen LogP contribution is 2.37. The molecule has 2 saturated heterocycles. The zero-order valence-electron chi connectivity index (χ0n) is 33.5. The maximum Gasteiger partial charge on any atom is 0.407 e. The van der Waals surface area contributed by atoms with Crippen LogP contribution in [0.25, 0.3) is 22.3 Å². The molecule has 0 spiro atoms. The van der Waals surface area contributed by atoms with E-state index in [1.54, 1.807) is 0 Å². The van der Waals surface area contributed by atoms with Crippen molar-refractivity contribution in [1.29, 1.82) is 0 Å². The molecule has 0 unspecified atom stereocenters. The molecule has 2 aromatic heterocycles. The SMILES string of the molecule is COC(=O)N[C@H](C(=O)N1CCC[C@H]1c1nc2c([nH]1)-c1ccc(C#Cc3ccc4nc([C@@H]5CCCN5C(=O)[C@@H](NC(=O)OC)C(C)C)[nH]c4c3)cc1CCC2)C(C)C. The number of rotatable bonds is 8. The quantitative estimate of drug-likeness (QED) is 0.159. The van der Waals surface area contributed by atoms with E-state index in [1.807, 2.05) is 61.8 Å². The number of carbonyl (C=O) groups is 4. The number of aromatic nitrogens is 4. The molecular weight excluding hydrogens is 725 g/mol. The van der Waals surface area contributed by atoms with Crippen LogP contribution in [-0.4, -0.2) is 93.1 Å². The van der Waals surface area contributed by atoms with Crippen LogP contribution in [0.2, 0.25) is 0 Å². The van der Waals surface area contributed by atoms with E-state index >= 15 is 0 Å². The molecule has 4 amide bonds. The highest BCUT2D eigenvalue weighted by molar-refractivity contribution is 5.87. The van der Waals surface area contributed by atoms with Crippen molar-refractivity contribution in [3.63, 3.8) is 0 Å². The van der Waals surface area contributed by atoms with Crippen LogP contribution < -0.4 is 10.6 Å². The van der Waals surface area contributed by atoms with Gasteiger partial charge in [0.25, 0.3) is 0 Å². The first-order valence-electron chi connectivity index (χ1n) is 20.0. The summed E-state index contributed by atoms with van der Waals surface area (Å²) in [5, 5.41) is 5.42. The predicted octanol–water partition coefficient (Wildman–Crippen LogP) is 5.93. The van der Waals surface area contributed by atoms with Gasteiger partial charge in [0.1, 0.15) is 23.7 Å². The molecule has 3 aliphatic rings. The third-order valence-corrected chi connectivity index (χ3v) is 11.4. The summed E-state index contributed by atoms with van der Waals surface area (Å²) < 4.78 is 9.56. The molecule has 14 heteroatoms. The van der Waals surface area contributed by atoms with E-state index in [9.17, 15) is 19.2 Å². The highest BCUT2D eigenvalue weighted by atomic mass is 16.5. The second-order valence-corrected chi connectivity index (χ2v) is 15.9. The molecule has 7 rings (SSSR count). The number of aromatic amines is 2. The van der Waals surface area contributed by atoms with Crippen LogP contribution in [0.15, 0.2) is 36.4 Å². The Morgan fingerprint density at radius 3 is 1.88 bits per heavy atom. The van der Waals surface area contributed by atoms with Crippen molar-refractivity contribution in [2.75, 3.05) is 27.3 Å². The van der Waals surface area contributed by atoms with E-state index in [0.717, 1.165) is 95.7 Å². The summed E-state index contributed by atoms with van der Waals surface area (Å²) in [6.45, 7) is 8.82. The lowest BCUT2D eigenvalue weighted by Gasteiger charge is -2.30. The number of nitrogens with zero attached hydrogens (tertiary/aromatic N) is 4. The molecule has 2 aromatic carbocycles. The zero-order chi connectivity index (χ0) is 40.4. The minimum Gasteiger partial charge on any atom is -0.453 e. The van der Waals surface area contributed by atoms with E-state index < -0.39 is 24.3 Å². The molecule has 0 radical (unpaired) electrons. The van der Waals surface area contributed by atoms with Crippen molar-refractivity contribution in [1.82, 2.24) is 40.4 Å². The molecule has 0 bridgehead atoms. The fourth-order valence-corrected chi connectivity index (χ4v) is 8.35. The van der Waals surface area contributed by atoms with Gasteiger partial charge in [0.15, 0.2) is 0 Å². The van der Waals surface area contributed by atoms with E-state index in [4.69, 9.17) is 19.4 Å². The van der Waals surface area contributed by atoms with Crippen LogP contribution in [0.3, 0.4) is 0 Å². The number of likely N-dealkylation sites (tertiary alicyclic amines) is 2. The first-order chi connectivity index (χ1) is 27.4. The maximum absolute atomic E-state index is 13.7. The second kappa shape index (κ2) is 16.7. The number of alkyl carbamates (subject to hydrolysis) is 2. The van der Waals surface area contributed by atoms with Crippen molar-refractivity contribution in [3.8, 4) is 23.1 Å². The van der Waals surface area contributed by atoms with Crippen LogP contribution in [0.4, 0.5) is 9.59 Å². The number of imidazole rings is 2. The van der Waals surface area contributed by atoms with E-state index in [2.05, 4.69) is 44.6 Å². The van der Waals surface area contributed by atoms with Crippen LogP contribution >= 0.6 is 0 Å². The lowest BCUT2D eigenvalue weighted by atomic mass is 9.99. The van der Waals surface area contributed by atoms with Crippen molar-refractivity contribution in [3.05, 3.63) is 70.4 Å². The van der Waals surface area contributed by atoms with Gasteiger partial charge in [-0.05, 0) is 92.7 Å². The van der Waals surface area contributed by atoms with E-state index in [-0.39, 0.29) is 35.7 Å². The number of fused-ring (bicyclic) bond motifs is 4. The number of carbonyl (C=O) groups excluding carboxylic acids is 4. The minimum atomic E-state index is -0.696. The zero-order valence-corrected chi connectivity index (χ0v) is 33.5. The number of ether oxygens (including phenoxy) is 2. The monoisotopic (exact) mass is 776 g/mol. The number of hydrogen-bond donors (Lipinski definition) is 4. The van der Waals surface area contributed by atoms with Crippen LogP contribution in [-0.2, 0) is 31.9 Å². The highest BCUT2D eigenvalue weighted by Gasteiger charge is 2.39. The van der Waals surface area contributed by atoms with E-state index in [1.165, 1.54) is 19.8 Å². The van der Waals surface area contributed by atoms with Gasteiger partial charge in [-0.2, -0.15) is 0 Å². The lowest BCUT2D eigenvalue weighted by molar-refractivity contribution is -0.136. The summed E-state index contributed by atoms with van der Waals surface area (Å²) in [5.74, 6) is 7.71. The summed E-state index contributed by atoms with van der Waals surface area (Å²) in [6, 6.07) is 10.4. The van der Waals surface area contributed by atoms with Crippen molar-refractivity contribution in [2.24, 2.45) is 11.8 Å². The average Bonchev–Trinajstić information content (AvgIpc) is 4.02. The van der Waals surface area contributed by atoms with Gasteiger partial charge >= 0.3 is 12.2 Å². The first kappa shape index (κ1) is 39.4. The van der Waals surface area contributed by atoms with Gasteiger partial charge in [-0.1, -0.05) is 45.6 Å². The molecule has 1 aliphatic carbocycles. The predicted molar refractivity (Wildman–Crippen MR) is 214 cm³/mol. The topological polar surface area (TPSA) is 175 Å². The molecule has 4 N–H and O–H groups in total. The van der Waals surface area contributed by atoms with Crippen LogP contribution in [0.1, 0.15) is 106 Å². The third kappa shape index (κ3) is 8.19. The molecule has 4 aromatic rings. The van der Waals surface area contributed by atoms with Crippen molar-refractivity contribution >= 4 is 35.0 Å². The molecular formula is C43H52N8O6. The normalized spacial score (nSPS) is 18.7. The van der Waals surface area contributed by atoms with Crippen molar-refractivity contribution < 1.29 is 28.7 Å². The number of methoxy groups -OCH3 is 2. The van der Waals surface area contributed by atoms with Gasteiger partial charge < -0.3 is 39.9 Å². The Morgan fingerprint density at radius 1 is 0.737 bits per heavy atom. The van der Waals surface area contributed by atoms with Gasteiger partial charge in [0, 0.05) is 29.8 Å². The molecule has 2 fully saturated rings. The standard InChI is InChI=1S/C43H52N8O6/c1-24(2)35(48-42(54)56-5)40(52)50-20-8-12-33(50)38-44-30-19-17-27(23-32(30)46-38)15-14-26-16-18-29-28(22-26)10-7-11-31-37(29)47-39(45-31)34-13-9-21-51(34)41(53)36(25(3)4)49-43(55)57-6/h16-19,22-25,33-36H,7-13,20-21H2,1-6H3,(H,44,46)(H,45,47)(H,48,54)(H,49,55)/t33-,34-,35-,36-/m0/s1. The van der Waals surface area contributed by atoms with Gasteiger partial charge in [-0.25, -0.2) is 19.6 Å². The van der Waals surface area contributed by atoms with Crippen LogP contribution in [0, 0.1) is 23.7 Å². The number of nitrogens with one attached hydrogen (secondary N) is 4. The van der Waals surface area contributed by atoms with E-state index in [0.29, 0.717) is 13.1 Å². The Morgan fingerprint density at radius 2 is 1.30 bits per heavy atom. The smallest absolute Gasteiger partial charge is 0.407 e. The molecule has 4 heterocycles. The van der Waals surface area contributed by atoms with Crippen LogP contribution in [0.5, 0.6) is 0 Å². The molecule has 2 aliphatic heterocycles. The summed E-state index contributed by atoms with van der Waals surface area (Å²) >= 11 is 0. The molecule has 300 valence electrons. The fourth-order valence-electron chi connectivity index (χ4n) is 8.35. The second-order valence-electron chi connectivity index (χ2n) is 15.9. The summed E-state index contributed by atoms with van der Waals surface area (Å²) in [4.78, 5) is 72.0. The largest absolute Gasteiger partial charge is 0.453 e. The number of hydrogen-bond acceptors (Lipinski definition) is 8. The maximum atomic E-state index is 13.7. The Balaban J connectivity index is 1.08. The Kier molecular flexibility index (Phi) is 11.6. The number of aryl methyl sites for hydroxylation is 2. The van der Waals surface area contributed by atoms with Crippen molar-refractivity contribution in [2.45, 2.75) is 96.8 Å². The molecule has 57 heavy (non-hydrogen) atoms. The first-order valence-corrected chi connectivity index (χ1v) is 20.0. The van der Waals surface area contributed by atoms with Gasteiger partial charge in [0.2, 0.25) is 11.8 Å². The molecule has 4 atom stereocenters. The third-order valence-electron chi connectivity index (χ3n) is 11.4. The van der Waals surface area contributed by atoms with Gasteiger partial charge in [0.05, 0.1) is 48.7 Å². The summed E-state index contributed by atoms with van der Waals surface area (Å²) in [5.41, 5.74) is 7.68. The summed E-state index contributed by atoms with van der Waals surface area (Å²) in [6.07, 6.45) is 4.68. The van der Waals surface area contributed by atoms with Gasteiger partial charge in [-0.15, -0.1) is 0 Å². The Hall–Kier alpha value is -5.84. The fraction of sp³-hybridized carbons (Fsp3) is 0.488. The molecule has 0 saturated carbocycles. The Bertz CT molecular complexity index is 2230. The minimum absolute atomic E-state index is 0.106.